The van der Waals surface area contributed by atoms with Gasteiger partial charge < -0.3 is 25.6 Å². The third kappa shape index (κ3) is 7.66. The summed E-state index contributed by atoms with van der Waals surface area (Å²) in [6, 6.07) is 0.242. The van der Waals surface area contributed by atoms with Gasteiger partial charge in [0.2, 0.25) is 5.91 Å². The van der Waals surface area contributed by atoms with E-state index in [-0.39, 0.29) is 42.0 Å². The van der Waals surface area contributed by atoms with Crippen molar-refractivity contribution in [2.24, 2.45) is 10.4 Å². The summed E-state index contributed by atoms with van der Waals surface area (Å²) < 4.78 is 4.75. The number of carbonyl (C=O) groups is 2. The number of rotatable bonds is 5. The molecule has 0 bridgehead atoms. The predicted octanol–water partition coefficient (Wildman–Crippen LogP) is 1.16. The monoisotopic (exact) mass is 469 g/mol. The minimum Gasteiger partial charge on any atom is -0.453 e. The zero-order valence-corrected chi connectivity index (χ0v) is 18.2. The molecule has 0 radical (unpaired) electrons. The Kier molecular flexibility index (Phi) is 10.8. The molecule has 3 N–H and O–H groups in total. The van der Waals surface area contributed by atoms with Gasteiger partial charge in [0.25, 0.3) is 0 Å². The maximum Gasteiger partial charge on any atom is 0.409 e. The minimum absolute atomic E-state index is 0. The summed E-state index contributed by atoms with van der Waals surface area (Å²) in [6.45, 7) is 8.19. The Morgan fingerprint density at radius 3 is 2.36 bits per heavy atom. The Labute approximate surface area is 167 Å². The molecular formula is C16H32IN5O3. The average molecular weight is 469 g/mol. The SMILES string of the molecule is CCNC(=NCC(C)(C)C(=O)NC)NC1CCN(C(=O)OC)CC1.I. The van der Waals surface area contributed by atoms with E-state index >= 15 is 0 Å². The van der Waals surface area contributed by atoms with E-state index < -0.39 is 5.41 Å². The highest BCUT2D eigenvalue weighted by atomic mass is 127. The van der Waals surface area contributed by atoms with Crippen LogP contribution >= 0.6 is 24.0 Å². The Hall–Kier alpha value is -1.26. The van der Waals surface area contributed by atoms with Gasteiger partial charge in [-0.1, -0.05) is 0 Å². The molecule has 0 atom stereocenters. The molecule has 0 aliphatic carbocycles. The fraction of sp³-hybridized carbons (Fsp3) is 0.812. The number of halogens is 1. The van der Waals surface area contributed by atoms with Crippen molar-refractivity contribution in [3.63, 3.8) is 0 Å². The third-order valence-electron chi connectivity index (χ3n) is 4.09. The van der Waals surface area contributed by atoms with E-state index in [0.717, 1.165) is 19.4 Å². The van der Waals surface area contributed by atoms with E-state index in [9.17, 15) is 9.59 Å². The smallest absolute Gasteiger partial charge is 0.409 e. The van der Waals surface area contributed by atoms with Crippen LogP contribution in [0.15, 0.2) is 4.99 Å². The zero-order chi connectivity index (χ0) is 18.2. The van der Waals surface area contributed by atoms with Gasteiger partial charge in [0.05, 0.1) is 19.1 Å². The van der Waals surface area contributed by atoms with Gasteiger partial charge in [-0.05, 0) is 33.6 Å². The van der Waals surface area contributed by atoms with Crippen LogP contribution < -0.4 is 16.0 Å². The highest BCUT2D eigenvalue weighted by Gasteiger charge is 2.27. The summed E-state index contributed by atoms with van der Waals surface area (Å²) in [5.74, 6) is 0.666. The minimum atomic E-state index is -0.564. The molecule has 1 aliphatic rings. The molecule has 1 fully saturated rings. The van der Waals surface area contributed by atoms with Crippen molar-refractivity contribution in [3.8, 4) is 0 Å². The molecule has 0 aromatic rings. The summed E-state index contributed by atoms with van der Waals surface area (Å²) in [4.78, 5) is 29.6. The van der Waals surface area contributed by atoms with Crippen LogP contribution in [0.25, 0.3) is 0 Å². The van der Waals surface area contributed by atoms with Crippen LogP contribution in [-0.4, -0.2) is 69.2 Å². The van der Waals surface area contributed by atoms with Crippen molar-refractivity contribution < 1.29 is 14.3 Å². The number of piperidine rings is 1. The molecule has 2 amide bonds. The molecule has 0 unspecified atom stereocenters. The standard InChI is InChI=1S/C16H31N5O3.HI/c1-6-18-14(19-11-16(2,3)13(22)17-4)20-12-7-9-21(10-8-12)15(23)24-5;/h12H,6-11H2,1-5H3,(H,17,22)(H2,18,19,20);1H. The summed E-state index contributed by atoms with van der Waals surface area (Å²) >= 11 is 0. The van der Waals surface area contributed by atoms with Crippen LogP contribution in [0.1, 0.15) is 33.6 Å². The lowest BCUT2D eigenvalue weighted by molar-refractivity contribution is -0.128. The number of nitrogens with one attached hydrogen (secondary N) is 3. The van der Waals surface area contributed by atoms with E-state index in [1.807, 2.05) is 20.8 Å². The van der Waals surface area contributed by atoms with Crippen LogP contribution in [0, 0.1) is 5.41 Å². The van der Waals surface area contributed by atoms with Gasteiger partial charge in [-0.25, -0.2) is 4.79 Å². The Bertz CT molecular complexity index is 463. The van der Waals surface area contributed by atoms with Gasteiger partial charge >= 0.3 is 6.09 Å². The van der Waals surface area contributed by atoms with Gasteiger partial charge in [-0.3, -0.25) is 9.79 Å². The number of guanidine groups is 1. The van der Waals surface area contributed by atoms with E-state index in [0.29, 0.717) is 25.6 Å². The fourth-order valence-electron chi connectivity index (χ4n) is 2.54. The Balaban J connectivity index is 0.00000576. The summed E-state index contributed by atoms with van der Waals surface area (Å²) in [5.41, 5.74) is -0.564. The summed E-state index contributed by atoms with van der Waals surface area (Å²) in [6.07, 6.45) is 1.39. The first-order valence-electron chi connectivity index (χ1n) is 8.44. The number of methoxy groups -OCH3 is 1. The van der Waals surface area contributed by atoms with E-state index in [1.54, 1.807) is 11.9 Å². The van der Waals surface area contributed by atoms with Crippen LogP contribution in [0.3, 0.4) is 0 Å². The molecule has 0 aromatic carbocycles. The lowest BCUT2D eigenvalue weighted by Crippen LogP contribution is -2.50. The van der Waals surface area contributed by atoms with Crippen molar-refractivity contribution in [3.05, 3.63) is 0 Å². The van der Waals surface area contributed by atoms with Gasteiger partial charge in [-0.2, -0.15) is 0 Å². The normalized spacial score (nSPS) is 15.9. The second-order valence-electron chi connectivity index (χ2n) is 6.53. The number of carbonyl (C=O) groups excluding carboxylic acids is 2. The van der Waals surface area contributed by atoms with E-state index in [4.69, 9.17) is 4.74 Å². The first-order chi connectivity index (χ1) is 11.3. The van der Waals surface area contributed by atoms with Crippen molar-refractivity contribution >= 4 is 41.9 Å². The fourth-order valence-corrected chi connectivity index (χ4v) is 2.54. The molecule has 0 spiro atoms. The number of hydrogen-bond donors (Lipinski definition) is 3. The van der Waals surface area contributed by atoms with Crippen molar-refractivity contribution in [2.45, 2.75) is 39.7 Å². The van der Waals surface area contributed by atoms with Gasteiger partial charge in [0.1, 0.15) is 0 Å². The van der Waals surface area contributed by atoms with Crippen molar-refractivity contribution in [1.82, 2.24) is 20.9 Å². The van der Waals surface area contributed by atoms with Crippen LogP contribution in [0.2, 0.25) is 0 Å². The first kappa shape index (κ1) is 23.7. The molecule has 9 heteroatoms. The van der Waals surface area contributed by atoms with E-state index in [2.05, 4.69) is 20.9 Å². The maximum absolute atomic E-state index is 11.9. The van der Waals surface area contributed by atoms with Crippen molar-refractivity contribution in [2.75, 3.05) is 40.3 Å². The Morgan fingerprint density at radius 1 is 1.28 bits per heavy atom. The van der Waals surface area contributed by atoms with Gasteiger partial charge in [0, 0.05) is 32.7 Å². The van der Waals surface area contributed by atoms with E-state index in [1.165, 1.54) is 7.11 Å². The van der Waals surface area contributed by atoms with Gasteiger partial charge in [-0.15, -0.1) is 24.0 Å². The molecule has 1 heterocycles. The predicted molar refractivity (Wildman–Crippen MR) is 109 cm³/mol. The number of aliphatic imine (C=N–C) groups is 1. The second-order valence-corrected chi connectivity index (χ2v) is 6.53. The van der Waals surface area contributed by atoms with Crippen LogP contribution in [0.5, 0.6) is 0 Å². The second kappa shape index (κ2) is 11.4. The number of hydrogen-bond acceptors (Lipinski definition) is 4. The third-order valence-corrected chi connectivity index (χ3v) is 4.09. The molecule has 0 saturated carbocycles. The largest absolute Gasteiger partial charge is 0.453 e. The molecular weight excluding hydrogens is 437 g/mol. The van der Waals surface area contributed by atoms with Crippen LogP contribution in [-0.2, 0) is 9.53 Å². The quantitative estimate of drug-likeness (QED) is 0.319. The van der Waals surface area contributed by atoms with Crippen LogP contribution in [0.4, 0.5) is 4.79 Å². The highest BCUT2D eigenvalue weighted by molar-refractivity contribution is 14.0. The lowest BCUT2D eigenvalue weighted by atomic mass is 9.93. The molecule has 1 rings (SSSR count). The summed E-state index contributed by atoms with van der Waals surface area (Å²) in [7, 11) is 3.03. The Morgan fingerprint density at radius 2 is 1.88 bits per heavy atom. The highest BCUT2D eigenvalue weighted by Crippen LogP contribution is 2.15. The van der Waals surface area contributed by atoms with Gasteiger partial charge in [0.15, 0.2) is 5.96 Å². The molecule has 146 valence electrons. The first-order valence-corrected chi connectivity index (χ1v) is 8.44. The number of ether oxygens (including phenoxy) is 1. The molecule has 1 aliphatic heterocycles. The molecule has 25 heavy (non-hydrogen) atoms. The molecule has 8 nitrogen and oxygen atoms in total. The average Bonchev–Trinajstić information content (AvgIpc) is 2.59. The number of nitrogens with zero attached hydrogens (tertiary/aromatic N) is 2. The maximum atomic E-state index is 11.9. The molecule has 1 saturated heterocycles. The van der Waals surface area contributed by atoms with Crippen molar-refractivity contribution in [1.29, 1.82) is 0 Å². The number of amides is 2. The zero-order valence-electron chi connectivity index (χ0n) is 15.8. The molecule has 0 aromatic heterocycles. The lowest BCUT2D eigenvalue weighted by Gasteiger charge is -2.32. The topological polar surface area (TPSA) is 95.1 Å². The summed E-state index contributed by atoms with van der Waals surface area (Å²) in [5, 5.41) is 9.26. The number of likely N-dealkylation sites (tertiary alicyclic amines) is 1.